The Kier molecular flexibility index (Phi) is 5.12. The maximum absolute atomic E-state index is 12.1. The van der Waals surface area contributed by atoms with Crippen LogP contribution in [0.1, 0.15) is 28.8 Å². The van der Waals surface area contributed by atoms with E-state index in [1.165, 1.54) is 0 Å². The summed E-state index contributed by atoms with van der Waals surface area (Å²) < 4.78 is 10.4. The molecule has 0 saturated heterocycles. The van der Waals surface area contributed by atoms with Crippen molar-refractivity contribution in [3.63, 3.8) is 0 Å². The molecule has 1 aromatic carbocycles. The predicted octanol–water partition coefficient (Wildman–Crippen LogP) is 1.91. The molecule has 5 heteroatoms. The van der Waals surface area contributed by atoms with Gasteiger partial charge in [-0.1, -0.05) is 17.7 Å². The third-order valence-corrected chi connectivity index (χ3v) is 2.91. The molecule has 1 amide bonds. The van der Waals surface area contributed by atoms with Crippen LogP contribution >= 0.6 is 0 Å². The quantitative estimate of drug-likeness (QED) is 0.507. The van der Waals surface area contributed by atoms with Crippen molar-refractivity contribution in [1.29, 1.82) is 0 Å². The summed E-state index contributed by atoms with van der Waals surface area (Å²) >= 11 is 0. The van der Waals surface area contributed by atoms with Gasteiger partial charge in [-0.2, -0.15) is 0 Å². The van der Waals surface area contributed by atoms with Crippen molar-refractivity contribution in [3.05, 3.63) is 35.4 Å². The summed E-state index contributed by atoms with van der Waals surface area (Å²) in [7, 11) is 1.60. The van der Waals surface area contributed by atoms with Crippen molar-refractivity contribution >= 4 is 11.9 Å². The first kappa shape index (κ1) is 14.5. The molecule has 1 aliphatic carbocycles. The highest BCUT2D eigenvalue weighted by molar-refractivity contribution is 6.04. The standard InChI is InChI=1S/C15H20N2O3/c1-11-3-5-12(6-4-11)14(18)17-15(16-13-7-8-13)20-10-9-19-2/h3-6,13H,7-10H2,1-2H3,(H,16,17,18). The Balaban J connectivity index is 1.95. The van der Waals surface area contributed by atoms with E-state index in [4.69, 9.17) is 9.47 Å². The van der Waals surface area contributed by atoms with Crippen molar-refractivity contribution in [3.8, 4) is 0 Å². The highest BCUT2D eigenvalue weighted by Gasteiger charge is 2.22. The molecule has 0 spiro atoms. The third kappa shape index (κ3) is 4.66. The zero-order chi connectivity index (χ0) is 14.4. The summed E-state index contributed by atoms with van der Waals surface area (Å²) in [5.41, 5.74) is 1.71. The molecule has 0 bridgehead atoms. The lowest BCUT2D eigenvalue weighted by Gasteiger charge is -2.10. The monoisotopic (exact) mass is 276 g/mol. The van der Waals surface area contributed by atoms with Gasteiger partial charge in [0.15, 0.2) is 0 Å². The molecular formula is C15H20N2O3. The van der Waals surface area contributed by atoms with Crippen LogP contribution in [-0.4, -0.2) is 38.3 Å². The zero-order valence-corrected chi connectivity index (χ0v) is 11.9. The number of amides is 1. The molecule has 1 saturated carbocycles. The number of aryl methyl sites for hydroxylation is 1. The fourth-order valence-electron chi connectivity index (χ4n) is 1.57. The van der Waals surface area contributed by atoms with Crippen molar-refractivity contribution in [2.75, 3.05) is 20.3 Å². The Morgan fingerprint density at radius 1 is 1.30 bits per heavy atom. The molecule has 2 rings (SSSR count). The van der Waals surface area contributed by atoms with E-state index in [0.717, 1.165) is 18.4 Å². The van der Waals surface area contributed by atoms with Crippen LogP contribution in [0.5, 0.6) is 0 Å². The fourth-order valence-corrected chi connectivity index (χ4v) is 1.57. The van der Waals surface area contributed by atoms with Crippen molar-refractivity contribution in [1.82, 2.24) is 5.32 Å². The first-order valence-corrected chi connectivity index (χ1v) is 6.76. The Bertz CT molecular complexity index is 478. The van der Waals surface area contributed by atoms with Crippen molar-refractivity contribution in [2.45, 2.75) is 25.8 Å². The first-order valence-electron chi connectivity index (χ1n) is 6.76. The van der Waals surface area contributed by atoms with Crippen LogP contribution in [0.2, 0.25) is 0 Å². The predicted molar refractivity (Wildman–Crippen MR) is 76.9 cm³/mol. The van der Waals surface area contributed by atoms with Gasteiger partial charge in [0.2, 0.25) is 0 Å². The van der Waals surface area contributed by atoms with Crippen LogP contribution < -0.4 is 5.32 Å². The molecule has 0 unspecified atom stereocenters. The minimum Gasteiger partial charge on any atom is -0.463 e. The average molecular weight is 276 g/mol. The van der Waals surface area contributed by atoms with Crippen LogP contribution in [0.15, 0.2) is 29.3 Å². The molecular weight excluding hydrogens is 256 g/mol. The topological polar surface area (TPSA) is 59.9 Å². The molecule has 0 aliphatic heterocycles. The van der Waals surface area contributed by atoms with E-state index in [1.54, 1.807) is 19.2 Å². The van der Waals surface area contributed by atoms with Crippen LogP contribution in [0.3, 0.4) is 0 Å². The second-order valence-corrected chi connectivity index (χ2v) is 4.83. The van der Waals surface area contributed by atoms with Crippen molar-refractivity contribution in [2.24, 2.45) is 4.99 Å². The normalized spacial score (nSPS) is 15.0. The van der Waals surface area contributed by atoms with Gasteiger partial charge < -0.3 is 9.47 Å². The Morgan fingerprint density at radius 2 is 2.00 bits per heavy atom. The number of ether oxygens (including phenoxy) is 2. The largest absolute Gasteiger partial charge is 0.463 e. The number of nitrogens with one attached hydrogen (secondary N) is 1. The molecule has 0 radical (unpaired) electrons. The molecule has 0 heterocycles. The van der Waals surface area contributed by atoms with E-state index in [2.05, 4.69) is 10.3 Å². The summed E-state index contributed by atoms with van der Waals surface area (Å²) in [6.07, 6.45) is 2.11. The maximum atomic E-state index is 12.1. The van der Waals surface area contributed by atoms with Gasteiger partial charge >= 0.3 is 0 Å². The third-order valence-electron chi connectivity index (χ3n) is 2.91. The molecule has 0 atom stereocenters. The highest BCUT2D eigenvalue weighted by atomic mass is 16.5. The zero-order valence-electron chi connectivity index (χ0n) is 11.9. The van der Waals surface area contributed by atoms with Gasteiger partial charge in [0.05, 0.1) is 12.6 Å². The average Bonchev–Trinajstić information content (AvgIpc) is 3.23. The Labute approximate surface area is 119 Å². The number of nitrogens with zero attached hydrogens (tertiary/aromatic N) is 1. The van der Waals surface area contributed by atoms with Crippen LogP contribution in [0.4, 0.5) is 0 Å². The molecule has 1 aliphatic rings. The molecule has 108 valence electrons. The van der Waals surface area contributed by atoms with Gasteiger partial charge in [-0.15, -0.1) is 0 Å². The summed E-state index contributed by atoms with van der Waals surface area (Å²) in [5.74, 6) is -0.207. The van der Waals surface area contributed by atoms with Gasteiger partial charge in [-0.25, -0.2) is 4.99 Å². The molecule has 1 N–H and O–H groups in total. The van der Waals surface area contributed by atoms with E-state index in [0.29, 0.717) is 18.8 Å². The van der Waals surface area contributed by atoms with E-state index in [-0.39, 0.29) is 18.0 Å². The number of carbonyl (C=O) groups is 1. The van der Waals surface area contributed by atoms with E-state index < -0.39 is 0 Å². The second-order valence-electron chi connectivity index (χ2n) is 4.83. The lowest BCUT2D eigenvalue weighted by atomic mass is 10.1. The van der Waals surface area contributed by atoms with Gasteiger partial charge in [0.25, 0.3) is 11.9 Å². The summed E-state index contributed by atoms with van der Waals surface area (Å²) in [5, 5.41) is 2.72. The number of benzene rings is 1. The highest BCUT2D eigenvalue weighted by Crippen LogP contribution is 2.23. The number of hydrogen-bond donors (Lipinski definition) is 1. The number of amidine groups is 1. The van der Waals surface area contributed by atoms with Gasteiger partial charge in [-0.05, 0) is 31.9 Å². The smallest absolute Gasteiger partial charge is 0.292 e. The fraction of sp³-hybridized carbons (Fsp3) is 0.467. The Hall–Kier alpha value is -1.88. The Morgan fingerprint density at radius 3 is 2.60 bits per heavy atom. The SMILES string of the molecule is COCCOC(=NC1CC1)NC(=O)c1ccc(C)cc1. The number of hydrogen-bond acceptors (Lipinski definition) is 4. The number of aliphatic imine (C=N–C) groups is 1. The summed E-state index contributed by atoms with van der Waals surface area (Å²) in [4.78, 5) is 16.4. The van der Waals surface area contributed by atoms with E-state index in [1.807, 2.05) is 19.1 Å². The number of carbonyl (C=O) groups excluding carboxylic acids is 1. The maximum Gasteiger partial charge on any atom is 0.292 e. The molecule has 5 nitrogen and oxygen atoms in total. The van der Waals surface area contributed by atoms with Crippen molar-refractivity contribution < 1.29 is 14.3 Å². The van der Waals surface area contributed by atoms with Crippen LogP contribution in [0.25, 0.3) is 0 Å². The van der Waals surface area contributed by atoms with Gasteiger partial charge in [-0.3, -0.25) is 10.1 Å². The summed E-state index contributed by atoms with van der Waals surface area (Å²) in [6.45, 7) is 2.82. The lowest BCUT2D eigenvalue weighted by Crippen LogP contribution is -2.33. The van der Waals surface area contributed by atoms with Crippen LogP contribution in [-0.2, 0) is 9.47 Å². The number of methoxy groups -OCH3 is 1. The number of rotatable bonds is 5. The molecule has 20 heavy (non-hydrogen) atoms. The molecule has 0 aromatic heterocycles. The minimum atomic E-state index is -0.207. The molecule has 1 aromatic rings. The minimum absolute atomic E-state index is 0.207. The van der Waals surface area contributed by atoms with Crippen LogP contribution in [0, 0.1) is 6.92 Å². The first-order chi connectivity index (χ1) is 9.69. The summed E-state index contributed by atoms with van der Waals surface area (Å²) in [6, 6.07) is 7.95. The lowest BCUT2D eigenvalue weighted by molar-refractivity contribution is 0.0954. The van der Waals surface area contributed by atoms with E-state index in [9.17, 15) is 4.79 Å². The van der Waals surface area contributed by atoms with Gasteiger partial charge in [0.1, 0.15) is 6.61 Å². The molecule has 1 fully saturated rings. The second kappa shape index (κ2) is 7.05. The van der Waals surface area contributed by atoms with E-state index >= 15 is 0 Å². The van der Waals surface area contributed by atoms with Gasteiger partial charge in [0, 0.05) is 12.7 Å².